The Kier molecular flexibility index (Phi) is 9.32. The van der Waals surface area contributed by atoms with Gasteiger partial charge < -0.3 is 15.0 Å². The number of benzene rings is 3. The molecular formula is C26H28Br2N2O3. The minimum Gasteiger partial charge on any atom is -0.483 e. The number of carbonyl (C=O) groups excluding carboxylic acids is 2. The maximum atomic E-state index is 13.3. The van der Waals surface area contributed by atoms with E-state index < -0.39 is 6.04 Å². The van der Waals surface area contributed by atoms with E-state index in [9.17, 15) is 9.59 Å². The lowest BCUT2D eigenvalue weighted by Crippen LogP contribution is -2.49. The molecule has 0 fully saturated rings. The first-order valence-electron chi connectivity index (χ1n) is 11.0. The Hall–Kier alpha value is -2.38. The maximum Gasteiger partial charge on any atom is 0.261 e. The zero-order chi connectivity index (χ0) is 23.8. The van der Waals surface area contributed by atoms with Crippen molar-refractivity contribution in [2.24, 2.45) is 0 Å². The second-order valence-electron chi connectivity index (χ2n) is 7.86. The van der Waals surface area contributed by atoms with E-state index in [0.717, 1.165) is 38.1 Å². The van der Waals surface area contributed by atoms with E-state index in [-0.39, 0.29) is 18.4 Å². The molecule has 5 nitrogen and oxygen atoms in total. The largest absolute Gasteiger partial charge is 0.483 e. The molecule has 1 N–H and O–H groups in total. The first kappa shape index (κ1) is 25.2. The summed E-state index contributed by atoms with van der Waals surface area (Å²) in [5, 5.41) is 5.02. The van der Waals surface area contributed by atoms with Crippen molar-refractivity contribution in [2.45, 2.75) is 39.3 Å². The summed E-state index contributed by atoms with van der Waals surface area (Å²) >= 11 is 7.07. The quantitative estimate of drug-likeness (QED) is 0.298. The van der Waals surface area contributed by atoms with E-state index in [4.69, 9.17) is 4.74 Å². The van der Waals surface area contributed by atoms with Gasteiger partial charge in [-0.3, -0.25) is 9.59 Å². The number of rotatable bonds is 10. The van der Waals surface area contributed by atoms with Gasteiger partial charge in [-0.2, -0.15) is 0 Å². The number of carbonyl (C=O) groups is 2. The normalized spacial score (nSPS) is 11.8. The highest BCUT2D eigenvalue weighted by Crippen LogP contribution is 2.33. The Morgan fingerprint density at radius 2 is 1.85 bits per heavy atom. The minimum absolute atomic E-state index is 0.168. The molecule has 0 radical (unpaired) electrons. The van der Waals surface area contributed by atoms with E-state index in [1.807, 2.05) is 60.7 Å². The van der Waals surface area contributed by atoms with Gasteiger partial charge >= 0.3 is 0 Å². The molecule has 0 bridgehead atoms. The van der Waals surface area contributed by atoms with Gasteiger partial charge in [0.25, 0.3) is 5.91 Å². The average molecular weight is 576 g/mol. The van der Waals surface area contributed by atoms with Gasteiger partial charge in [0.1, 0.15) is 11.8 Å². The zero-order valence-electron chi connectivity index (χ0n) is 18.8. The zero-order valence-corrected chi connectivity index (χ0v) is 22.0. The van der Waals surface area contributed by atoms with Crippen LogP contribution in [0.5, 0.6) is 5.75 Å². The second-order valence-corrected chi connectivity index (χ2v) is 9.57. The summed E-state index contributed by atoms with van der Waals surface area (Å²) in [5.41, 5.74) is 0.929. The van der Waals surface area contributed by atoms with Gasteiger partial charge in [0.15, 0.2) is 6.61 Å². The Labute approximate surface area is 211 Å². The molecule has 2 amide bonds. The summed E-state index contributed by atoms with van der Waals surface area (Å²) in [6, 6.07) is 18.9. The van der Waals surface area contributed by atoms with Crippen molar-refractivity contribution in [3.05, 3.63) is 75.2 Å². The van der Waals surface area contributed by atoms with Crippen molar-refractivity contribution in [1.29, 1.82) is 0 Å². The third-order valence-electron chi connectivity index (χ3n) is 5.42. The number of nitrogens with zero attached hydrogens (tertiary/aromatic N) is 1. The monoisotopic (exact) mass is 574 g/mol. The molecule has 3 aromatic carbocycles. The molecule has 0 aliphatic heterocycles. The Balaban J connectivity index is 1.76. The van der Waals surface area contributed by atoms with Crippen LogP contribution < -0.4 is 10.1 Å². The van der Waals surface area contributed by atoms with E-state index >= 15 is 0 Å². The summed E-state index contributed by atoms with van der Waals surface area (Å²) in [6.45, 7) is 4.56. The van der Waals surface area contributed by atoms with E-state index in [2.05, 4.69) is 44.1 Å². The molecule has 0 saturated carbocycles. The van der Waals surface area contributed by atoms with Crippen molar-refractivity contribution in [2.75, 3.05) is 13.2 Å². The van der Waals surface area contributed by atoms with Crippen molar-refractivity contribution in [1.82, 2.24) is 10.2 Å². The fourth-order valence-electron chi connectivity index (χ4n) is 3.50. The van der Waals surface area contributed by atoms with Crippen LogP contribution in [0.4, 0.5) is 0 Å². The molecule has 3 aromatic rings. The lowest BCUT2D eigenvalue weighted by molar-refractivity contribution is -0.142. The number of halogens is 2. The van der Waals surface area contributed by atoms with Crippen molar-refractivity contribution >= 4 is 54.4 Å². The van der Waals surface area contributed by atoms with Gasteiger partial charge in [-0.05, 0) is 63.8 Å². The van der Waals surface area contributed by atoms with Crippen molar-refractivity contribution < 1.29 is 14.3 Å². The molecule has 1 atom stereocenters. The van der Waals surface area contributed by atoms with E-state index in [1.165, 1.54) is 0 Å². The molecule has 33 heavy (non-hydrogen) atoms. The predicted molar refractivity (Wildman–Crippen MR) is 139 cm³/mol. The number of hydrogen-bond donors (Lipinski definition) is 1. The van der Waals surface area contributed by atoms with Crippen LogP contribution in [0.1, 0.15) is 32.3 Å². The van der Waals surface area contributed by atoms with Crippen LogP contribution in [-0.4, -0.2) is 35.9 Å². The number of amides is 2. The van der Waals surface area contributed by atoms with Gasteiger partial charge in [-0.1, -0.05) is 71.7 Å². The van der Waals surface area contributed by atoms with Gasteiger partial charge in [-0.15, -0.1) is 0 Å². The fraction of sp³-hybridized carbons (Fsp3) is 0.308. The molecule has 0 spiro atoms. The summed E-state index contributed by atoms with van der Waals surface area (Å²) in [7, 11) is 0. The molecular weight excluding hydrogens is 548 g/mol. The first-order chi connectivity index (χ1) is 15.9. The third kappa shape index (κ3) is 6.81. The smallest absolute Gasteiger partial charge is 0.261 e. The molecule has 0 saturated heterocycles. The van der Waals surface area contributed by atoms with Gasteiger partial charge in [0.05, 0.1) is 4.47 Å². The van der Waals surface area contributed by atoms with Crippen LogP contribution in [0, 0.1) is 0 Å². The highest BCUT2D eigenvalue weighted by Gasteiger charge is 2.26. The average Bonchev–Trinajstić information content (AvgIpc) is 2.82. The fourth-order valence-corrected chi connectivity index (χ4v) is 4.55. The lowest BCUT2D eigenvalue weighted by Gasteiger charge is -2.29. The first-order valence-corrected chi connectivity index (χ1v) is 12.6. The van der Waals surface area contributed by atoms with Gasteiger partial charge in [-0.25, -0.2) is 0 Å². The summed E-state index contributed by atoms with van der Waals surface area (Å²) in [5.74, 6) is 0.163. The summed E-state index contributed by atoms with van der Waals surface area (Å²) < 4.78 is 7.62. The highest BCUT2D eigenvalue weighted by atomic mass is 79.9. The van der Waals surface area contributed by atoms with Crippen LogP contribution in [-0.2, 0) is 16.1 Å². The number of nitrogens with one attached hydrogen (secondary N) is 1. The molecule has 3 rings (SSSR count). The van der Waals surface area contributed by atoms with Crippen LogP contribution in [0.3, 0.4) is 0 Å². The SMILES string of the molecule is CCCCNC(=O)[C@H](C)N(Cc1cccc(Br)c1)C(=O)COc1ccc2ccccc2c1Br. The topological polar surface area (TPSA) is 58.6 Å². The molecule has 0 aromatic heterocycles. The standard InChI is InChI=1S/C26H28Br2N2O3/c1-3-4-14-29-26(32)18(2)30(16-19-8-7-10-21(27)15-19)24(31)17-33-23-13-12-20-9-5-6-11-22(20)25(23)28/h5-13,15,18H,3-4,14,16-17H2,1-2H3,(H,29,32)/t18-/m0/s1. The summed E-state index contributed by atoms with van der Waals surface area (Å²) in [4.78, 5) is 27.6. The van der Waals surface area contributed by atoms with Gasteiger partial charge in [0, 0.05) is 17.6 Å². The highest BCUT2D eigenvalue weighted by molar-refractivity contribution is 9.11. The number of unbranched alkanes of at least 4 members (excludes halogenated alkanes) is 1. The summed E-state index contributed by atoms with van der Waals surface area (Å²) in [6.07, 6.45) is 1.89. The molecule has 0 heterocycles. The maximum absolute atomic E-state index is 13.3. The number of hydrogen-bond acceptors (Lipinski definition) is 3. The van der Waals surface area contributed by atoms with Crippen LogP contribution in [0.25, 0.3) is 10.8 Å². The van der Waals surface area contributed by atoms with Crippen LogP contribution in [0.2, 0.25) is 0 Å². The number of fused-ring (bicyclic) bond motifs is 1. The van der Waals surface area contributed by atoms with Gasteiger partial charge in [0.2, 0.25) is 5.91 Å². The second kappa shape index (κ2) is 12.2. The van der Waals surface area contributed by atoms with Crippen molar-refractivity contribution in [3.63, 3.8) is 0 Å². The molecule has 0 aliphatic carbocycles. The van der Waals surface area contributed by atoms with E-state index in [0.29, 0.717) is 18.8 Å². The Bertz CT molecular complexity index is 1120. The van der Waals surface area contributed by atoms with E-state index in [1.54, 1.807) is 11.8 Å². The molecule has 174 valence electrons. The Morgan fingerprint density at radius 3 is 2.61 bits per heavy atom. The lowest BCUT2D eigenvalue weighted by atomic mass is 10.1. The predicted octanol–water partition coefficient (Wildman–Crippen LogP) is 6.08. The third-order valence-corrected chi connectivity index (χ3v) is 6.73. The van der Waals surface area contributed by atoms with Crippen LogP contribution in [0.15, 0.2) is 69.6 Å². The number of ether oxygens (including phenoxy) is 1. The Morgan fingerprint density at radius 1 is 1.06 bits per heavy atom. The molecule has 0 unspecified atom stereocenters. The molecule has 0 aliphatic rings. The minimum atomic E-state index is -0.628. The van der Waals surface area contributed by atoms with Crippen LogP contribution >= 0.6 is 31.9 Å². The molecule has 7 heteroatoms. The van der Waals surface area contributed by atoms with Crippen molar-refractivity contribution in [3.8, 4) is 5.75 Å².